The van der Waals surface area contributed by atoms with Crippen molar-refractivity contribution in [1.29, 1.82) is 0 Å². The molecule has 9 nitrogen and oxygen atoms in total. The largest absolute Gasteiger partial charge is 0.475 e. The second-order valence-corrected chi connectivity index (χ2v) is 9.81. The number of ether oxygens (including phenoxy) is 2. The van der Waals surface area contributed by atoms with Gasteiger partial charge in [-0.05, 0) is 52.0 Å². The summed E-state index contributed by atoms with van der Waals surface area (Å²) >= 11 is 0. The van der Waals surface area contributed by atoms with E-state index in [1.807, 2.05) is 27.7 Å². The highest BCUT2D eigenvalue weighted by atomic mass is 32.2. The first kappa shape index (κ1) is 24.9. The topological polar surface area (TPSA) is 101 Å². The second kappa shape index (κ2) is 11.0. The van der Waals surface area contributed by atoms with Gasteiger partial charge in [-0.2, -0.15) is 4.31 Å². The van der Waals surface area contributed by atoms with Crippen molar-refractivity contribution < 1.29 is 22.7 Å². The van der Waals surface area contributed by atoms with Gasteiger partial charge in [0.05, 0.1) is 41.2 Å². The van der Waals surface area contributed by atoms with E-state index in [4.69, 9.17) is 9.47 Å². The van der Waals surface area contributed by atoms with Crippen LogP contribution in [0.25, 0.3) is 0 Å². The lowest BCUT2D eigenvalue weighted by atomic mass is 10.2. The van der Waals surface area contributed by atoms with E-state index in [2.05, 4.69) is 15.2 Å². The van der Waals surface area contributed by atoms with Gasteiger partial charge in [0.25, 0.3) is 5.91 Å². The van der Waals surface area contributed by atoms with Crippen molar-refractivity contribution in [3.8, 4) is 5.88 Å². The van der Waals surface area contributed by atoms with Crippen molar-refractivity contribution in [2.75, 3.05) is 49.6 Å². The molecule has 1 amide bonds. The van der Waals surface area contributed by atoms with Crippen molar-refractivity contribution in [2.45, 2.75) is 38.7 Å². The maximum atomic E-state index is 13.2. The van der Waals surface area contributed by atoms with Crippen LogP contribution in [0.4, 0.5) is 11.4 Å². The van der Waals surface area contributed by atoms with Crippen molar-refractivity contribution in [3.05, 3.63) is 42.1 Å². The zero-order chi connectivity index (χ0) is 24.0. The van der Waals surface area contributed by atoms with Gasteiger partial charge in [-0.25, -0.2) is 13.4 Å². The van der Waals surface area contributed by atoms with Crippen molar-refractivity contribution >= 4 is 27.3 Å². The molecule has 0 spiro atoms. The summed E-state index contributed by atoms with van der Waals surface area (Å²) < 4.78 is 38.5. The Labute approximate surface area is 195 Å². The molecule has 2 heterocycles. The molecule has 1 fully saturated rings. The van der Waals surface area contributed by atoms with Gasteiger partial charge < -0.3 is 19.7 Å². The predicted molar refractivity (Wildman–Crippen MR) is 128 cm³/mol. The van der Waals surface area contributed by atoms with Crippen LogP contribution in [0.5, 0.6) is 5.88 Å². The van der Waals surface area contributed by atoms with Gasteiger partial charge in [0.2, 0.25) is 15.9 Å². The number of aromatic nitrogens is 1. The van der Waals surface area contributed by atoms with E-state index in [0.717, 1.165) is 5.69 Å². The summed E-state index contributed by atoms with van der Waals surface area (Å²) in [7, 11) is -3.70. The third-order valence-electron chi connectivity index (χ3n) is 5.28. The monoisotopic (exact) mass is 476 g/mol. The SMILES string of the molecule is CCN(CC)c1ccc(S(=O)(=O)N2CCOCC2)cc1NC(=O)c1ccc(OC(C)C)nc1. The molecule has 0 aliphatic carbocycles. The summed E-state index contributed by atoms with van der Waals surface area (Å²) in [5, 5.41) is 2.88. The molecule has 0 radical (unpaired) electrons. The molecule has 180 valence electrons. The Bertz CT molecular complexity index is 1050. The van der Waals surface area contributed by atoms with Crippen molar-refractivity contribution in [1.82, 2.24) is 9.29 Å². The standard InChI is InChI=1S/C23H32N4O5S/c1-5-26(6-2)21-9-8-19(33(29,30)27-11-13-31-14-12-27)15-20(21)25-23(28)18-7-10-22(24-16-18)32-17(3)4/h7-10,15-17H,5-6,11-14H2,1-4H3,(H,25,28). The zero-order valence-corrected chi connectivity index (χ0v) is 20.4. The van der Waals surface area contributed by atoms with E-state index < -0.39 is 10.0 Å². The Kier molecular flexibility index (Phi) is 8.28. The van der Waals surface area contributed by atoms with Gasteiger partial charge >= 0.3 is 0 Å². The maximum absolute atomic E-state index is 13.2. The van der Waals surface area contributed by atoms with E-state index in [-0.39, 0.29) is 16.9 Å². The molecule has 1 N–H and O–H groups in total. The molecule has 0 atom stereocenters. The van der Waals surface area contributed by atoms with E-state index in [0.29, 0.717) is 56.5 Å². The second-order valence-electron chi connectivity index (χ2n) is 7.87. The van der Waals surface area contributed by atoms with E-state index in [1.54, 1.807) is 24.3 Å². The van der Waals surface area contributed by atoms with E-state index in [9.17, 15) is 13.2 Å². The third kappa shape index (κ3) is 6.01. The van der Waals surface area contributed by atoms with Gasteiger partial charge in [0.1, 0.15) is 0 Å². The smallest absolute Gasteiger partial charge is 0.257 e. The van der Waals surface area contributed by atoms with Crippen LogP contribution in [0.15, 0.2) is 41.4 Å². The minimum atomic E-state index is -3.70. The molecule has 1 aromatic heterocycles. The number of carbonyl (C=O) groups is 1. The Morgan fingerprint density at radius 2 is 1.88 bits per heavy atom. The molecule has 33 heavy (non-hydrogen) atoms. The van der Waals surface area contributed by atoms with Crippen LogP contribution in [0.2, 0.25) is 0 Å². The number of benzene rings is 1. The summed E-state index contributed by atoms with van der Waals surface area (Å²) in [6.45, 7) is 10.6. The fourth-order valence-corrected chi connectivity index (χ4v) is 5.01. The molecule has 1 aliphatic heterocycles. The molecule has 10 heteroatoms. The number of hydrogen-bond donors (Lipinski definition) is 1. The van der Waals surface area contributed by atoms with Crippen molar-refractivity contribution in [3.63, 3.8) is 0 Å². The van der Waals surface area contributed by atoms with Crippen LogP contribution < -0.4 is 15.0 Å². The number of carbonyl (C=O) groups excluding carboxylic acids is 1. The molecule has 0 saturated carbocycles. The van der Waals surface area contributed by atoms with Gasteiger partial charge in [-0.3, -0.25) is 4.79 Å². The summed E-state index contributed by atoms with van der Waals surface area (Å²) in [5.41, 5.74) is 1.53. The van der Waals surface area contributed by atoms with Crippen LogP contribution in [0.3, 0.4) is 0 Å². The Balaban J connectivity index is 1.92. The lowest BCUT2D eigenvalue weighted by Crippen LogP contribution is -2.40. The Morgan fingerprint density at radius 3 is 2.45 bits per heavy atom. The number of nitrogens with one attached hydrogen (secondary N) is 1. The van der Waals surface area contributed by atoms with Crippen LogP contribution >= 0.6 is 0 Å². The first-order valence-corrected chi connectivity index (χ1v) is 12.6. The highest BCUT2D eigenvalue weighted by Crippen LogP contribution is 2.31. The molecular weight excluding hydrogens is 444 g/mol. The minimum Gasteiger partial charge on any atom is -0.475 e. The quantitative estimate of drug-likeness (QED) is 0.594. The highest BCUT2D eigenvalue weighted by molar-refractivity contribution is 7.89. The van der Waals surface area contributed by atoms with Crippen LogP contribution in [-0.4, -0.2) is 69.1 Å². The van der Waals surface area contributed by atoms with Gasteiger partial charge in [0, 0.05) is 38.4 Å². The highest BCUT2D eigenvalue weighted by Gasteiger charge is 2.27. The summed E-state index contributed by atoms with van der Waals surface area (Å²) in [4.78, 5) is 19.3. The number of amides is 1. The maximum Gasteiger partial charge on any atom is 0.257 e. The number of morpholine rings is 1. The van der Waals surface area contributed by atoms with Crippen LogP contribution in [0.1, 0.15) is 38.1 Å². The lowest BCUT2D eigenvalue weighted by molar-refractivity contribution is 0.0730. The molecule has 0 bridgehead atoms. The molecule has 2 aromatic rings. The predicted octanol–water partition coefficient (Wildman–Crippen LogP) is 2.99. The van der Waals surface area contributed by atoms with Gasteiger partial charge in [-0.1, -0.05) is 0 Å². The number of rotatable bonds is 9. The Hall–Kier alpha value is -2.69. The molecule has 1 aliphatic rings. The number of hydrogen-bond acceptors (Lipinski definition) is 7. The first-order valence-electron chi connectivity index (χ1n) is 11.2. The van der Waals surface area contributed by atoms with E-state index in [1.165, 1.54) is 16.6 Å². The molecule has 1 aromatic carbocycles. The van der Waals surface area contributed by atoms with Crippen LogP contribution in [0, 0.1) is 0 Å². The fourth-order valence-electron chi connectivity index (χ4n) is 3.57. The number of nitrogens with zero attached hydrogens (tertiary/aromatic N) is 3. The minimum absolute atomic E-state index is 0.0232. The van der Waals surface area contributed by atoms with Crippen LogP contribution in [-0.2, 0) is 14.8 Å². The average molecular weight is 477 g/mol. The lowest BCUT2D eigenvalue weighted by Gasteiger charge is -2.28. The van der Waals surface area contributed by atoms with Gasteiger partial charge in [-0.15, -0.1) is 0 Å². The Morgan fingerprint density at radius 1 is 1.18 bits per heavy atom. The molecular formula is C23H32N4O5S. The molecule has 0 unspecified atom stereocenters. The average Bonchev–Trinajstić information content (AvgIpc) is 2.81. The number of anilines is 2. The third-order valence-corrected chi connectivity index (χ3v) is 7.18. The van der Waals surface area contributed by atoms with E-state index >= 15 is 0 Å². The molecule has 3 rings (SSSR count). The normalized spacial score (nSPS) is 14.8. The number of pyridine rings is 1. The molecule has 1 saturated heterocycles. The summed E-state index contributed by atoms with van der Waals surface area (Å²) in [5.74, 6) is 0.0527. The first-order chi connectivity index (χ1) is 15.8. The van der Waals surface area contributed by atoms with Gasteiger partial charge in [0.15, 0.2) is 0 Å². The summed E-state index contributed by atoms with van der Waals surface area (Å²) in [6.07, 6.45) is 1.42. The van der Waals surface area contributed by atoms with Crippen molar-refractivity contribution in [2.24, 2.45) is 0 Å². The summed E-state index contributed by atoms with van der Waals surface area (Å²) in [6, 6.07) is 8.13. The zero-order valence-electron chi connectivity index (χ0n) is 19.6. The number of sulfonamides is 1. The fraction of sp³-hybridized carbons (Fsp3) is 0.478.